The van der Waals surface area contributed by atoms with Gasteiger partial charge < -0.3 is 4.98 Å². The van der Waals surface area contributed by atoms with Crippen molar-refractivity contribution in [2.24, 2.45) is 0 Å². The number of rotatable bonds is 1. The summed E-state index contributed by atoms with van der Waals surface area (Å²) in [5, 5.41) is 1.01. The normalized spacial score (nSPS) is 11.2. The number of nitrogens with one attached hydrogen (secondary N) is 1. The average Bonchev–Trinajstić information content (AvgIpc) is 2.69. The summed E-state index contributed by atoms with van der Waals surface area (Å²) < 4.78 is 3.51. The summed E-state index contributed by atoms with van der Waals surface area (Å²) in [5.74, 6) is 0. The molecule has 6 heteroatoms. The molecule has 3 rings (SSSR count). The molecular formula is C14H9BrCl2N2S. The lowest BCUT2D eigenvalue weighted by Crippen LogP contribution is -1.96. The van der Waals surface area contributed by atoms with E-state index in [1.807, 2.05) is 29.7 Å². The van der Waals surface area contributed by atoms with Crippen LogP contribution in [0.2, 0.25) is 10.0 Å². The fraction of sp³-hybridized carbons (Fsp3) is 0.0714. The van der Waals surface area contributed by atoms with Gasteiger partial charge in [0.1, 0.15) is 0 Å². The standard InChI is InChI=1S/C14H9BrCl2N2S/c1-7-2-3-8(15)12(4-7)19-13-6-10(17)9(16)5-11(13)18-14(19)20/h2-6H,1H3,(H,18,20). The minimum absolute atomic E-state index is 0.505. The molecule has 0 aliphatic rings. The topological polar surface area (TPSA) is 20.7 Å². The number of fused-ring (bicyclic) bond motifs is 1. The molecule has 0 amide bonds. The summed E-state index contributed by atoms with van der Waals surface area (Å²) in [5.41, 5.74) is 3.88. The number of imidazole rings is 1. The molecule has 0 atom stereocenters. The Bertz CT molecular complexity index is 883. The van der Waals surface area contributed by atoms with Crippen LogP contribution in [0.5, 0.6) is 0 Å². The number of aromatic nitrogens is 2. The summed E-state index contributed by atoms with van der Waals surface area (Å²) in [4.78, 5) is 3.15. The predicted molar refractivity (Wildman–Crippen MR) is 90.9 cm³/mol. The Labute approximate surface area is 139 Å². The van der Waals surface area contributed by atoms with Gasteiger partial charge in [-0.2, -0.15) is 0 Å². The van der Waals surface area contributed by atoms with Gasteiger partial charge >= 0.3 is 0 Å². The molecule has 1 aromatic heterocycles. The fourth-order valence-corrected chi connectivity index (χ4v) is 3.19. The molecule has 3 aromatic rings. The maximum Gasteiger partial charge on any atom is 0.182 e. The highest BCUT2D eigenvalue weighted by molar-refractivity contribution is 9.10. The van der Waals surface area contributed by atoms with Crippen LogP contribution in [0.1, 0.15) is 5.56 Å². The van der Waals surface area contributed by atoms with Crippen molar-refractivity contribution < 1.29 is 0 Å². The SMILES string of the molecule is Cc1ccc(Br)c(-n2c(=S)[nH]c3cc(Cl)c(Cl)cc32)c1. The minimum atomic E-state index is 0.505. The Morgan fingerprint density at radius 3 is 2.60 bits per heavy atom. The molecule has 0 radical (unpaired) electrons. The Balaban J connectivity index is 2.42. The van der Waals surface area contributed by atoms with Crippen LogP contribution in [0.4, 0.5) is 0 Å². The van der Waals surface area contributed by atoms with Gasteiger partial charge in [-0.25, -0.2) is 0 Å². The zero-order valence-electron chi connectivity index (χ0n) is 10.4. The van der Waals surface area contributed by atoms with Crippen LogP contribution in [-0.2, 0) is 0 Å². The van der Waals surface area contributed by atoms with Gasteiger partial charge in [0.05, 0.1) is 26.8 Å². The highest BCUT2D eigenvalue weighted by atomic mass is 79.9. The van der Waals surface area contributed by atoms with Crippen LogP contribution in [-0.4, -0.2) is 9.55 Å². The van der Waals surface area contributed by atoms with E-state index in [-0.39, 0.29) is 0 Å². The number of nitrogens with zero attached hydrogens (tertiary/aromatic N) is 1. The van der Waals surface area contributed by atoms with Crippen molar-refractivity contribution in [3.05, 3.63) is 55.2 Å². The molecule has 0 aliphatic heterocycles. The monoisotopic (exact) mass is 386 g/mol. The largest absolute Gasteiger partial charge is 0.330 e. The van der Waals surface area contributed by atoms with E-state index in [9.17, 15) is 0 Å². The summed E-state index contributed by atoms with van der Waals surface area (Å²) in [6.45, 7) is 2.04. The first-order valence-electron chi connectivity index (χ1n) is 5.83. The number of aryl methyl sites for hydroxylation is 1. The fourth-order valence-electron chi connectivity index (χ4n) is 2.14. The van der Waals surface area contributed by atoms with Gasteiger partial charge in [0.25, 0.3) is 0 Å². The van der Waals surface area contributed by atoms with Gasteiger partial charge in [-0.15, -0.1) is 0 Å². The summed E-state index contributed by atoms with van der Waals surface area (Å²) in [6.07, 6.45) is 0. The van der Waals surface area contributed by atoms with E-state index in [4.69, 9.17) is 35.4 Å². The molecule has 0 saturated heterocycles. The zero-order chi connectivity index (χ0) is 14.4. The number of hydrogen-bond donors (Lipinski definition) is 1. The van der Waals surface area contributed by atoms with Crippen molar-refractivity contribution in [1.29, 1.82) is 0 Å². The maximum atomic E-state index is 6.12. The number of halogens is 3. The van der Waals surface area contributed by atoms with E-state index in [0.29, 0.717) is 14.8 Å². The lowest BCUT2D eigenvalue weighted by atomic mass is 10.2. The third-order valence-electron chi connectivity index (χ3n) is 3.07. The highest BCUT2D eigenvalue weighted by Gasteiger charge is 2.12. The van der Waals surface area contributed by atoms with Crippen molar-refractivity contribution in [3.63, 3.8) is 0 Å². The summed E-state index contributed by atoms with van der Waals surface area (Å²) >= 11 is 21.2. The molecule has 20 heavy (non-hydrogen) atoms. The lowest BCUT2D eigenvalue weighted by Gasteiger charge is -2.09. The third kappa shape index (κ3) is 2.31. The highest BCUT2D eigenvalue weighted by Crippen LogP contribution is 2.31. The molecule has 0 spiro atoms. The molecule has 0 unspecified atom stereocenters. The molecule has 1 heterocycles. The number of hydrogen-bond acceptors (Lipinski definition) is 1. The van der Waals surface area contributed by atoms with Crippen LogP contribution < -0.4 is 0 Å². The number of H-pyrrole nitrogens is 1. The van der Waals surface area contributed by atoms with E-state index >= 15 is 0 Å². The molecule has 2 aromatic carbocycles. The average molecular weight is 388 g/mol. The first-order valence-corrected chi connectivity index (χ1v) is 7.79. The summed E-state index contributed by atoms with van der Waals surface area (Å²) in [7, 11) is 0. The number of aromatic amines is 1. The first kappa shape index (κ1) is 14.1. The minimum Gasteiger partial charge on any atom is -0.330 e. The Kier molecular flexibility index (Phi) is 3.67. The van der Waals surface area contributed by atoms with E-state index in [2.05, 4.69) is 27.0 Å². The van der Waals surface area contributed by atoms with E-state index < -0.39 is 0 Å². The van der Waals surface area contributed by atoms with Crippen molar-refractivity contribution in [1.82, 2.24) is 9.55 Å². The Morgan fingerprint density at radius 1 is 1.15 bits per heavy atom. The molecule has 0 bridgehead atoms. The second kappa shape index (κ2) is 5.19. The van der Waals surface area contributed by atoms with Crippen LogP contribution in [0.3, 0.4) is 0 Å². The molecular weight excluding hydrogens is 379 g/mol. The first-order chi connectivity index (χ1) is 9.47. The lowest BCUT2D eigenvalue weighted by molar-refractivity contribution is 1.05. The van der Waals surface area contributed by atoms with Gasteiger partial charge in [-0.05, 0) is 64.9 Å². The van der Waals surface area contributed by atoms with Gasteiger partial charge in [0, 0.05) is 4.47 Å². The van der Waals surface area contributed by atoms with Gasteiger partial charge in [0.2, 0.25) is 0 Å². The van der Waals surface area contributed by atoms with Crippen LogP contribution in [0.15, 0.2) is 34.8 Å². The third-order valence-corrected chi connectivity index (χ3v) is 4.74. The van der Waals surface area contributed by atoms with E-state index in [0.717, 1.165) is 26.8 Å². The summed E-state index contributed by atoms with van der Waals surface area (Å²) in [6, 6.07) is 9.71. The van der Waals surface area contributed by atoms with Crippen molar-refractivity contribution in [2.75, 3.05) is 0 Å². The maximum absolute atomic E-state index is 6.12. The molecule has 0 aliphatic carbocycles. The molecule has 0 fully saturated rings. The van der Waals surface area contributed by atoms with Crippen molar-refractivity contribution >= 4 is 62.4 Å². The van der Waals surface area contributed by atoms with E-state index in [1.165, 1.54) is 0 Å². The van der Waals surface area contributed by atoms with Crippen molar-refractivity contribution in [3.8, 4) is 5.69 Å². The zero-order valence-corrected chi connectivity index (χ0v) is 14.3. The molecule has 102 valence electrons. The second-order valence-electron chi connectivity index (χ2n) is 4.50. The second-order valence-corrected chi connectivity index (χ2v) is 6.56. The Hall–Kier alpha value is -0.810. The molecule has 0 saturated carbocycles. The van der Waals surface area contributed by atoms with Gasteiger partial charge in [-0.1, -0.05) is 29.3 Å². The number of benzene rings is 2. The Morgan fingerprint density at radius 2 is 1.85 bits per heavy atom. The quantitative estimate of drug-likeness (QED) is 0.502. The molecule has 1 N–H and O–H groups in total. The van der Waals surface area contributed by atoms with Crippen molar-refractivity contribution in [2.45, 2.75) is 6.92 Å². The van der Waals surface area contributed by atoms with Crippen LogP contribution >= 0.6 is 51.3 Å². The van der Waals surface area contributed by atoms with Gasteiger partial charge in [-0.3, -0.25) is 4.57 Å². The van der Waals surface area contributed by atoms with Crippen LogP contribution in [0, 0.1) is 11.7 Å². The van der Waals surface area contributed by atoms with Gasteiger partial charge in [0.15, 0.2) is 4.77 Å². The van der Waals surface area contributed by atoms with E-state index in [1.54, 1.807) is 6.07 Å². The van der Waals surface area contributed by atoms with Crippen LogP contribution in [0.25, 0.3) is 16.7 Å². The molecule has 2 nitrogen and oxygen atoms in total. The smallest absolute Gasteiger partial charge is 0.182 e. The predicted octanol–water partition coefficient (Wildman–Crippen LogP) is 6.07.